The highest BCUT2D eigenvalue weighted by molar-refractivity contribution is 7.98. The van der Waals surface area contributed by atoms with Crippen LogP contribution in [0.15, 0.2) is 23.1 Å². The van der Waals surface area contributed by atoms with Crippen LogP contribution in [0.25, 0.3) is 0 Å². The van der Waals surface area contributed by atoms with Gasteiger partial charge in [-0.3, -0.25) is 0 Å². The molecular formula is C14H22N2S2. The van der Waals surface area contributed by atoms with Crippen molar-refractivity contribution in [2.45, 2.75) is 38.1 Å². The lowest BCUT2D eigenvalue weighted by Crippen LogP contribution is -2.25. The third-order valence-electron chi connectivity index (χ3n) is 3.37. The summed E-state index contributed by atoms with van der Waals surface area (Å²) in [6.45, 7) is 6.65. The second-order valence-electron chi connectivity index (χ2n) is 4.57. The smallest absolute Gasteiger partial charge is 0.107 e. The van der Waals surface area contributed by atoms with E-state index in [0.717, 1.165) is 22.6 Å². The molecule has 4 heteroatoms. The molecule has 1 aromatic carbocycles. The van der Waals surface area contributed by atoms with Crippen LogP contribution in [0.4, 0.5) is 5.69 Å². The summed E-state index contributed by atoms with van der Waals surface area (Å²) < 4.78 is 0. The molecule has 0 saturated heterocycles. The number of hydrogen-bond donors (Lipinski definition) is 2. The number of thioether (sulfide) groups is 1. The molecule has 0 spiro atoms. The third kappa shape index (κ3) is 3.62. The average molecular weight is 282 g/mol. The van der Waals surface area contributed by atoms with E-state index in [1.807, 2.05) is 18.4 Å². The lowest BCUT2D eigenvalue weighted by atomic mass is 10.00. The summed E-state index contributed by atoms with van der Waals surface area (Å²) in [5.41, 5.74) is 7.86. The molecule has 18 heavy (non-hydrogen) atoms. The van der Waals surface area contributed by atoms with Gasteiger partial charge in [-0.1, -0.05) is 38.6 Å². The Hall–Kier alpha value is -0.740. The summed E-state index contributed by atoms with van der Waals surface area (Å²) in [4.78, 5) is 1.59. The molecule has 0 aliphatic heterocycles. The van der Waals surface area contributed by atoms with Crippen LogP contribution in [0, 0.1) is 5.92 Å². The molecule has 0 aromatic heterocycles. The molecule has 0 bridgehead atoms. The van der Waals surface area contributed by atoms with Crippen molar-refractivity contribution >= 4 is 34.7 Å². The molecule has 0 amide bonds. The predicted octanol–water partition coefficient (Wildman–Crippen LogP) is 3.89. The van der Waals surface area contributed by atoms with Gasteiger partial charge in [-0.25, -0.2) is 0 Å². The van der Waals surface area contributed by atoms with Crippen LogP contribution in [-0.4, -0.2) is 17.3 Å². The van der Waals surface area contributed by atoms with Crippen LogP contribution in [0.1, 0.15) is 32.8 Å². The highest BCUT2D eigenvalue weighted by Gasteiger charge is 2.15. The molecule has 3 N–H and O–H groups in total. The summed E-state index contributed by atoms with van der Waals surface area (Å²) in [6.07, 6.45) is 3.19. The van der Waals surface area contributed by atoms with Gasteiger partial charge >= 0.3 is 0 Å². The van der Waals surface area contributed by atoms with Crippen molar-refractivity contribution in [3.05, 3.63) is 23.8 Å². The topological polar surface area (TPSA) is 38.0 Å². The first-order chi connectivity index (χ1) is 8.51. The minimum atomic E-state index is 0.403. The highest BCUT2D eigenvalue weighted by atomic mass is 32.2. The number of benzene rings is 1. The lowest BCUT2D eigenvalue weighted by Gasteiger charge is -2.23. The monoisotopic (exact) mass is 282 g/mol. The largest absolute Gasteiger partial charge is 0.389 e. The van der Waals surface area contributed by atoms with Gasteiger partial charge in [0.1, 0.15) is 4.99 Å². The quantitative estimate of drug-likeness (QED) is 0.613. The SMILES string of the molecule is CCC(C)C(C)Nc1cccc(SC)c1C(N)=S. The van der Waals surface area contributed by atoms with E-state index in [9.17, 15) is 0 Å². The first-order valence-electron chi connectivity index (χ1n) is 6.24. The van der Waals surface area contributed by atoms with Gasteiger partial charge in [-0.05, 0) is 31.2 Å². The van der Waals surface area contributed by atoms with Crippen molar-refractivity contribution in [1.29, 1.82) is 0 Å². The Morgan fingerprint density at radius 3 is 2.61 bits per heavy atom. The van der Waals surface area contributed by atoms with Gasteiger partial charge in [-0.2, -0.15) is 0 Å². The molecule has 0 radical (unpaired) electrons. The highest BCUT2D eigenvalue weighted by Crippen LogP contribution is 2.28. The van der Waals surface area contributed by atoms with Crippen molar-refractivity contribution in [3.63, 3.8) is 0 Å². The zero-order valence-corrected chi connectivity index (χ0v) is 13.1. The summed E-state index contributed by atoms with van der Waals surface area (Å²) >= 11 is 6.85. The molecule has 0 saturated carbocycles. The number of rotatable bonds is 6. The Morgan fingerprint density at radius 1 is 1.44 bits per heavy atom. The second kappa shape index (κ2) is 7.00. The van der Waals surface area contributed by atoms with Crippen molar-refractivity contribution in [2.75, 3.05) is 11.6 Å². The van der Waals surface area contributed by atoms with Crippen molar-refractivity contribution in [1.82, 2.24) is 0 Å². The van der Waals surface area contributed by atoms with Crippen molar-refractivity contribution < 1.29 is 0 Å². The van der Waals surface area contributed by atoms with E-state index < -0.39 is 0 Å². The minimum absolute atomic E-state index is 0.403. The van der Waals surface area contributed by atoms with Crippen LogP contribution in [0.3, 0.4) is 0 Å². The Morgan fingerprint density at radius 2 is 2.11 bits per heavy atom. The zero-order valence-electron chi connectivity index (χ0n) is 11.5. The fraction of sp³-hybridized carbons (Fsp3) is 0.500. The van der Waals surface area contributed by atoms with E-state index in [-0.39, 0.29) is 0 Å². The number of hydrogen-bond acceptors (Lipinski definition) is 3. The lowest BCUT2D eigenvalue weighted by molar-refractivity contribution is 0.494. The number of nitrogens with one attached hydrogen (secondary N) is 1. The molecule has 100 valence electrons. The fourth-order valence-electron chi connectivity index (χ4n) is 1.82. The Kier molecular flexibility index (Phi) is 5.96. The number of nitrogens with two attached hydrogens (primary N) is 1. The Labute approximate surface area is 120 Å². The molecule has 1 rings (SSSR count). The molecule has 1 aromatic rings. The minimum Gasteiger partial charge on any atom is -0.389 e. The Balaban J connectivity index is 3.05. The van der Waals surface area contributed by atoms with Gasteiger partial charge in [0, 0.05) is 22.2 Å². The third-order valence-corrected chi connectivity index (χ3v) is 4.36. The molecule has 2 unspecified atom stereocenters. The molecule has 2 atom stereocenters. The zero-order chi connectivity index (χ0) is 13.7. The van der Waals surface area contributed by atoms with E-state index in [0.29, 0.717) is 16.9 Å². The first-order valence-corrected chi connectivity index (χ1v) is 7.87. The average Bonchev–Trinajstić information content (AvgIpc) is 2.36. The standard InChI is InChI=1S/C14H22N2S2/c1-5-9(2)10(3)16-11-7-6-8-12(18-4)13(11)14(15)17/h6-10,16H,5H2,1-4H3,(H2,15,17). The van der Waals surface area contributed by atoms with Crippen molar-refractivity contribution in [2.24, 2.45) is 11.7 Å². The summed E-state index contributed by atoms with van der Waals surface area (Å²) in [5.74, 6) is 0.613. The summed E-state index contributed by atoms with van der Waals surface area (Å²) in [6, 6.07) is 6.55. The van der Waals surface area contributed by atoms with Gasteiger partial charge in [-0.15, -0.1) is 11.8 Å². The predicted molar refractivity (Wildman–Crippen MR) is 86.7 cm³/mol. The summed E-state index contributed by atoms with van der Waals surface area (Å²) in [5, 5.41) is 3.54. The van der Waals surface area contributed by atoms with Crippen LogP contribution >= 0.6 is 24.0 Å². The Bertz CT molecular complexity index is 418. The van der Waals surface area contributed by atoms with Crippen LogP contribution in [0.2, 0.25) is 0 Å². The van der Waals surface area contributed by atoms with Gasteiger partial charge in [0.15, 0.2) is 0 Å². The van der Waals surface area contributed by atoms with E-state index in [1.54, 1.807) is 11.8 Å². The molecule has 0 heterocycles. The van der Waals surface area contributed by atoms with Gasteiger partial charge < -0.3 is 11.1 Å². The first kappa shape index (κ1) is 15.3. The van der Waals surface area contributed by atoms with E-state index in [2.05, 4.69) is 32.2 Å². The van der Waals surface area contributed by atoms with Crippen LogP contribution in [-0.2, 0) is 0 Å². The van der Waals surface area contributed by atoms with Crippen molar-refractivity contribution in [3.8, 4) is 0 Å². The maximum Gasteiger partial charge on any atom is 0.107 e. The maximum absolute atomic E-state index is 5.85. The second-order valence-corrected chi connectivity index (χ2v) is 5.85. The summed E-state index contributed by atoms with van der Waals surface area (Å²) in [7, 11) is 0. The van der Waals surface area contributed by atoms with Gasteiger partial charge in [0.05, 0.1) is 0 Å². The normalized spacial score (nSPS) is 14.0. The molecular weight excluding hydrogens is 260 g/mol. The molecule has 0 fully saturated rings. The number of anilines is 1. The fourth-order valence-corrected chi connectivity index (χ4v) is 2.74. The van der Waals surface area contributed by atoms with Crippen LogP contribution < -0.4 is 11.1 Å². The van der Waals surface area contributed by atoms with E-state index in [4.69, 9.17) is 18.0 Å². The maximum atomic E-state index is 5.85. The molecule has 2 nitrogen and oxygen atoms in total. The van der Waals surface area contributed by atoms with Gasteiger partial charge in [0.25, 0.3) is 0 Å². The molecule has 0 aliphatic rings. The van der Waals surface area contributed by atoms with Crippen LogP contribution in [0.5, 0.6) is 0 Å². The van der Waals surface area contributed by atoms with Gasteiger partial charge in [0.2, 0.25) is 0 Å². The van der Waals surface area contributed by atoms with E-state index in [1.165, 1.54) is 0 Å². The number of thiocarbonyl (C=S) groups is 1. The molecule has 0 aliphatic carbocycles. The van der Waals surface area contributed by atoms with E-state index >= 15 is 0 Å².